The molecule has 84 valence electrons. The summed E-state index contributed by atoms with van der Waals surface area (Å²) in [5, 5.41) is 0. The lowest BCUT2D eigenvalue weighted by Gasteiger charge is -2.15. The van der Waals surface area contributed by atoms with E-state index in [4.69, 9.17) is 11.6 Å². The normalized spacial score (nSPS) is 17.9. The minimum atomic E-state index is 0.257. The standard InChI is InChI=1S/C13H15ClN2/c1-9-3-4-10-11(7-9)16(12(8-14)15-10)13(2)5-6-13/h3-4,7H,5-6,8H2,1-2H3. The first-order valence-corrected chi connectivity index (χ1v) is 6.22. The van der Waals surface area contributed by atoms with Crippen molar-refractivity contribution >= 4 is 22.6 Å². The van der Waals surface area contributed by atoms with Crippen LogP contribution in [0.15, 0.2) is 18.2 Å². The topological polar surface area (TPSA) is 17.8 Å². The van der Waals surface area contributed by atoms with Gasteiger partial charge in [-0.05, 0) is 44.4 Å². The molecule has 0 N–H and O–H groups in total. The summed E-state index contributed by atoms with van der Waals surface area (Å²) in [7, 11) is 0. The molecule has 1 aliphatic rings. The van der Waals surface area contributed by atoms with Crippen LogP contribution in [0.2, 0.25) is 0 Å². The Bertz CT molecular complexity index is 552. The van der Waals surface area contributed by atoms with E-state index in [-0.39, 0.29) is 5.54 Å². The Morgan fingerprint density at radius 3 is 2.81 bits per heavy atom. The molecule has 1 aromatic heterocycles. The fourth-order valence-electron chi connectivity index (χ4n) is 2.33. The van der Waals surface area contributed by atoms with Crippen LogP contribution in [0.5, 0.6) is 0 Å². The lowest BCUT2D eigenvalue weighted by atomic mass is 10.2. The molecule has 0 aliphatic heterocycles. The van der Waals surface area contributed by atoms with E-state index in [0.29, 0.717) is 5.88 Å². The average molecular weight is 235 g/mol. The predicted octanol–water partition coefficient (Wildman–Crippen LogP) is 3.59. The average Bonchev–Trinajstić information content (AvgIpc) is 2.89. The monoisotopic (exact) mass is 234 g/mol. The van der Waals surface area contributed by atoms with Gasteiger partial charge in [0, 0.05) is 5.54 Å². The van der Waals surface area contributed by atoms with Crippen LogP contribution in [0.25, 0.3) is 11.0 Å². The number of rotatable bonds is 2. The minimum Gasteiger partial charge on any atom is -0.321 e. The van der Waals surface area contributed by atoms with Gasteiger partial charge in [-0.2, -0.15) is 0 Å². The van der Waals surface area contributed by atoms with Crippen molar-refractivity contribution in [3.63, 3.8) is 0 Å². The van der Waals surface area contributed by atoms with Gasteiger partial charge in [-0.1, -0.05) is 6.07 Å². The first-order chi connectivity index (χ1) is 7.64. The fraction of sp³-hybridized carbons (Fsp3) is 0.462. The third-order valence-corrected chi connectivity index (χ3v) is 3.75. The summed E-state index contributed by atoms with van der Waals surface area (Å²) in [5.74, 6) is 1.49. The molecular formula is C13H15ClN2. The van der Waals surface area contributed by atoms with Gasteiger partial charge in [0.1, 0.15) is 5.82 Å². The number of fused-ring (bicyclic) bond motifs is 1. The lowest BCUT2D eigenvalue weighted by molar-refractivity contribution is 0.531. The molecule has 0 saturated heterocycles. The van der Waals surface area contributed by atoms with E-state index in [1.807, 2.05) is 0 Å². The van der Waals surface area contributed by atoms with Gasteiger partial charge in [-0.15, -0.1) is 11.6 Å². The molecule has 16 heavy (non-hydrogen) atoms. The van der Waals surface area contributed by atoms with Crippen LogP contribution in [-0.4, -0.2) is 9.55 Å². The Morgan fingerprint density at radius 1 is 1.44 bits per heavy atom. The number of imidazole rings is 1. The van der Waals surface area contributed by atoms with E-state index in [0.717, 1.165) is 11.3 Å². The summed E-state index contributed by atoms with van der Waals surface area (Å²) in [4.78, 5) is 4.61. The zero-order valence-corrected chi connectivity index (χ0v) is 10.4. The smallest absolute Gasteiger partial charge is 0.125 e. The van der Waals surface area contributed by atoms with Gasteiger partial charge < -0.3 is 4.57 Å². The van der Waals surface area contributed by atoms with Gasteiger partial charge in [0.15, 0.2) is 0 Å². The van der Waals surface area contributed by atoms with Crippen molar-refractivity contribution in [2.24, 2.45) is 0 Å². The summed E-state index contributed by atoms with van der Waals surface area (Å²) in [5.41, 5.74) is 3.83. The van der Waals surface area contributed by atoms with Crippen LogP contribution in [0.1, 0.15) is 31.2 Å². The number of benzene rings is 1. The number of hydrogen-bond donors (Lipinski definition) is 0. The maximum Gasteiger partial charge on any atom is 0.125 e. The first-order valence-electron chi connectivity index (χ1n) is 5.68. The van der Waals surface area contributed by atoms with Crippen LogP contribution in [0.4, 0.5) is 0 Å². The van der Waals surface area contributed by atoms with Crippen molar-refractivity contribution < 1.29 is 0 Å². The molecule has 1 aliphatic carbocycles. The van der Waals surface area contributed by atoms with Crippen molar-refractivity contribution in [3.05, 3.63) is 29.6 Å². The number of halogens is 1. The summed E-state index contributed by atoms with van der Waals surface area (Å²) in [6.45, 7) is 4.40. The molecule has 3 heteroatoms. The van der Waals surface area contributed by atoms with Crippen LogP contribution < -0.4 is 0 Å². The molecule has 1 fully saturated rings. The fourth-order valence-corrected chi connectivity index (χ4v) is 2.51. The number of alkyl halides is 1. The van der Waals surface area contributed by atoms with Gasteiger partial charge in [0.2, 0.25) is 0 Å². The van der Waals surface area contributed by atoms with Gasteiger partial charge in [-0.3, -0.25) is 0 Å². The molecule has 1 heterocycles. The molecule has 0 atom stereocenters. The van der Waals surface area contributed by atoms with Crippen LogP contribution in [-0.2, 0) is 11.4 Å². The van der Waals surface area contributed by atoms with Gasteiger partial charge in [0.05, 0.1) is 16.9 Å². The molecule has 1 aromatic carbocycles. The molecule has 2 aromatic rings. The quantitative estimate of drug-likeness (QED) is 0.727. The Kier molecular flexibility index (Phi) is 2.05. The Hall–Kier alpha value is -1.02. The van der Waals surface area contributed by atoms with E-state index in [9.17, 15) is 0 Å². The predicted molar refractivity (Wildman–Crippen MR) is 66.9 cm³/mol. The molecule has 2 nitrogen and oxygen atoms in total. The highest BCUT2D eigenvalue weighted by Crippen LogP contribution is 2.45. The maximum absolute atomic E-state index is 5.99. The molecule has 0 bridgehead atoms. The van der Waals surface area contributed by atoms with Crippen molar-refractivity contribution in [1.29, 1.82) is 0 Å². The summed E-state index contributed by atoms with van der Waals surface area (Å²) >= 11 is 5.99. The third kappa shape index (κ3) is 1.36. The molecule has 3 rings (SSSR count). The largest absolute Gasteiger partial charge is 0.321 e. The van der Waals surface area contributed by atoms with E-state index >= 15 is 0 Å². The van der Waals surface area contributed by atoms with Crippen molar-refractivity contribution in [3.8, 4) is 0 Å². The molecule has 0 radical (unpaired) electrons. The maximum atomic E-state index is 5.99. The number of aryl methyl sites for hydroxylation is 1. The van der Waals surface area contributed by atoms with Crippen molar-refractivity contribution in [2.75, 3.05) is 0 Å². The van der Waals surface area contributed by atoms with Gasteiger partial charge in [0.25, 0.3) is 0 Å². The van der Waals surface area contributed by atoms with Crippen LogP contribution in [0.3, 0.4) is 0 Å². The lowest BCUT2D eigenvalue weighted by Crippen LogP contribution is -2.14. The SMILES string of the molecule is Cc1ccc2nc(CCl)n(C3(C)CC3)c2c1. The summed E-state index contributed by atoms with van der Waals surface area (Å²) in [6, 6.07) is 6.40. The molecule has 0 spiro atoms. The van der Waals surface area contributed by atoms with E-state index in [1.54, 1.807) is 0 Å². The zero-order valence-electron chi connectivity index (χ0n) is 9.63. The van der Waals surface area contributed by atoms with Gasteiger partial charge in [-0.25, -0.2) is 4.98 Å². The molecule has 1 saturated carbocycles. The van der Waals surface area contributed by atoms with Crippen molar-refractivity contribution in [1.82, 2.24) is 9.55 Å². The van der Waals surface area contributed by atoms with Gasteiger partial charge >= 0.3 is 0 Å². The highest BCUT2D eigenvalue weighted by molar-refractivity contribution is 6.16. The second-order valence-electron chi connectivity index (χ2n) is 4.99. The zero-order chi connectivity index (χ0) is 11.3. The highest BCUT2D eigenvalue weighted by atomic mass is 35.5. The Labute approximate surface area is 100 Å². The van der Waals surface area contributed by atoms with E-state index in [1.165, 1.54) is 23.9 Å². The number of aromatic nitrogens is 2. The molecular weight excluding hydrogens is 220 g/mol. The highest BCUT2D eigenvalue weighted by Gasteiger charge is 2.41. The number of hydrogen-bond acceptors (Lipinski definition) is 1. The second-order valence-corrected chi connectivity index (χ2v) is 5.25. The third-order valence-electron chi connectivity index (χ3n) is 3.51. The van der Waals surface area contributed by atoms with E-state index in [2.05, 4.69) is 41.6 Å². The molecule has 0 amide bonds. The molecule has 0 unspecified atom stereocenters. The minimum absolute atomic E-state index is 0.257. The summed E-state index contributed by atoms with van der Waals surface area (Å²) < 4.78 is 2.34. The summed E-state index contributed by atoms with van der Waals surface area (Å²) in [6.07, 6.45) is 2.46. The van der Waals surface area contributed by atoms with E-state index < -0.39 is 0 Å². The Balaban J connectivity index is 2.33. The van der Waals surface area contributed by atoms with Crippen LogP contribution >= 0.6 is 11.6 Å². The van der Waals surface area contributed by atoms with Crippen molar-refractivity contribution in [2.45, 2.75) is 38.1 Å². The Morgan fingerprint density at radius 2 is 2.19 bits per heavy atom. The second kappa shape index (κ2) is 3.24. The van der Waals surface area contributed by atoms with Crippen LogP contribution in [0, 0.1) is 6.92 Å². The number of nitrogens with zero attached hydrogens (tertiary/aromatic N) is 2. The first kappa shape index (κ1) is 10.2.